The van der Waals surface area contributed by atoms with Gasteiger partial charge < -0.3 is 10.2 Å². The van der Waals surface area contributed by atoms with Gasteiger partial charge in [0, 0.05) is 9.79 Å². The van der Waals surface area contributed by atoms with Crippen molar-refractivity contribution < 1.29 is 32.4 Å². The highest BCUT2D eigenvalue weighted by molar-refractivity contribution is 7.91. The number of benzene rings is 4. The number of carbonyl (C=O) groups is 2. The van der Waals surface area contributed by atoms with Crippen LogP contribution < -0.4 is 0 Å². The van der Waals surface area contributed by atoms with Gasteiger partial charge >= 0.3 is 11.9 Å². The molecule has 0 spiro atoms. The topological polar surface area (TPSA) is 126 Å². The molecule has 1 atom stereocenters. The summed E-state index contributed by atoms with van der Waals surface area (Å²) in [6.07, 6.45) is 4.32. The van der Waals surface area contributed by atoms with Gasteiger partial charge in [-0.15, -0.1) is 0 Å². The SMILES string of the molecule is CC1(C)CCC(C)(C)c2cc(S(=O)(=O)c3ccc(C(=O)O)cc3)ccc21.CC1(C)CCC(C)(C)c2cc(S(=O)c3ccc(C(=O)O)cc3)ccc21. The van der Waals surface area contributed by atoms with E-state index in [1.54, 1.807) is 24.3 Å². The van der Waals surface area contributed by atoms with Crippen LogP contribution in [0.1, 0.15) is 124 Å². The summed E-state index contributed by atoms with van der Waals surface area (Å²) in [5.41, 5.74) is 5.31. The second kappa shape index (κ2) is 13.5. The van der Waals surface area contributed by atoms with Gasteiger partial charge in [-0.25, -0.2) is 22.2 Å². The number of aromatic carboxylic acids is 2. The third-order valence-corrected chi connectivity index (χ3v) is 14.0. The van der Waals surface area contributed by atoms with E-state index in [-0.39, 0.29) is 42.6 Å². The highest BCUT2D eigenvalue weighted by Gasteiger charge is 2.39. The molecule has 2 aliphatic carbocycles. The minimum atomic E-state index is -3.70. The number of hydrogen-bond donors (Lipinski definition) is 2. The average Bonchev–Trinajstić information content (AvgIpc) is 3.08. The lowest BCUT2D eigenvalue weighted by atomic mass is 9.63. The van der Waals surface area contributed by atoms with E-state index in [4.69, 9.17) is 10.2 Å². The second-order valence-corrected chi connectivity index (χ2v) is 19.8. The second-order valence-electron chi connectivity index (χ2n) is 16.4. The fraction of sp³-hybridized carbons (Fsp3) is 0.381. The maximum absolute atomic E-state index is 13.0. The largest absolute Gasteiger partial charge is 0.478 e. The fourth-order valence-electron chi connectivity index (χ4n) is 7.19. The Labute approximate surface area is 304 Å². The maximum atomic E-state index is 13.0. The summed E-state index contributed by atoms with van der Waals surface area (Å²) in [6, 6.07) is 23.2. The Morgan fingerprint density at radius 2 is 0.863 bits per heavy atom. The smallest absolute Gasteiger partial charge is 0.335 e. The summed E-state index contributed by atoms with van der Waals surface area (Å²) in [7, 11) is -5.01. The van der Waals surface area contributed by atoms with Gasteiger partial charge in [-0.1, -0.05) is 67.5 Å². The van der Waals surface area contributed by atoms with Crippen molar-refractivity contribution in [1.82, 2.24) is 0 Å². The molecule has 0 fully saturated rings. The Morgan fingerprint density at radius 1 is 0.510 bits per heavy atom. The fourth-order valence-corrected chi connectivity index (χ4v) is 9.55. The molecule has 1 unspecified atom stereocenters. The molecule has 0 amide bonds. The maximum Gasteiger partial charge on any atom is 0.335 e. The molecule has 4 aromatic rings. The Bertz CT molecular complexity index is 2120. The highest BCUT2D eigenvalue weighted by atomic mass is 32.2. The molecule has 0 saturated carbocycles. The van der Waals surface area contributed by atoms with Crippen molar-refractivity contribution >= 4 is 32.6 Å². The first kappa shape index (κ1) is 38.2. The molecule has 0 radical (unpaired) electrons. The van der Waals surface area contributed by atoms with E-state index in [0.29, 0.717) is 4.90 Å². The van der Waals surface area contributed by atoms with Gasteiger partial charge in [0.1, 0.15) is 0 Å². The molecule has 0 heterocycles. The summed E-state index contributed by atoms with van der Waals surface area (Å²) in [5.74, 6) is -2.05. The quantitative estimate of drug-likeness (QED) is 0.203. The Morgan fingerprint density at radius 3 is 1.31 bits per heavy atom. The zero-order chi connectivity index (χ0) is 37.7. The van der Waals surface area contributed by atoms with Gasteiger partial charge in [0.25, 0.3) is 0 Å². The molecule has 0 saturated heterocycles. The van der Waals surface area contributed by atoms with Crippen LogP contribution in [0.25, 0.3) is 0 Å². The molecule has 7 nitrogen and oxygen atoms in total. The van der Waals surface area contributed by atoms with Crippen LogP contribution in [0.3, 0.4) is 0 Å². The Kier molecular flexibility index (Phi) is 10.1. The number of sulfone groups is 1. The molecule has 9 heteroatoms. The van der Waals surface area contributed by atoms with Crippen LogP contribution in [0.15, 0.2) is 105 Å². The third kappa shape index (κ3) is 7.61. The minimum absolute atomic E-state index is 0.0241. The van der Waals surface area contributed by atoms with Crippen LogP contribution in [0.2, 0.25) is 0 Å². The summed E-state index contributed by atoms with van der Waals surface area (Å²) in [5, 5.41) is 18.0. The van der Waals surface area contributed by atoms with Crippen LogP contribution in [0.4, 0.5) is 0 Å². The minimum Gasteiger partial charge on any atom is -0.478 e. The lowest BCUT2D eigenvalue weighted by Crippen LogP contribution is -2.34. The number of rotatable bonds is 6. The molecule has 0 aliphatic heterocycles. The molecule has 2 aliphatic rings. The molecular weight excluding hydrogens is 681 g/mol. The van der Waals surface area contributed by atoms with E-state index >= 15 is 0 Å². The van der Waals surface area contributed by atoms with Crippen LogP contribution in [0, 0.1) is 0 Å². The van der Waals surface area contributed by atoms with Gasteiger partial charge in [-0.05, 0) is 142 Å². The van der Waals surface area contributed by atoms with E-state index in [1.807, 2.05) is 12.1 Å². The predicted octanol–water partition coefficient (Wildman–Crippen LogP) is 9.47. The molecule has 0 bridgehead atoms. The molecule has 0 aromatic heterocycles. The van der Waals surface area contributed by atoms with E-state index in [2.05, 4.69) is 67.5 Å². The number of carboxylic acids is 2. The number of hydrogen-bond acceptors (Lipinski definition) is 5. The van der Waals surface area contributed by atoms with Crippen molar-refractivity contribution in [1.29, 1.82) is 0 Å². The molecule has 4 aromatic carbocycles. The van der Waals surface area contributed by atoms with Gasteiger partial charge in [0.15, 0.2) is 0 Å². The van der Waals surface area contributed by atoms with E-state index in [0.717, 1.165) is 36.1 Å². The normalized spacial score (nSPS) is 18.6. The molecule has 6 rings (SSSR count). The van der Waals surface area contributed by atoms with Crippen LogP contribution >= 0.6 is 0 Å². The first-order valence-electron chi connectivity index (χ1n) is 17.2. The van der Waals surface area contributed by atoms with Crippen molar-refractivity contribution in [3.8, 4) is 0 Å². The van der Waals surface area contributed by atoms with Crippen molar-refractivity contribution in [3.05, 3.63) is 118 Å². The number of carboxylic acid groups (broad SMARTS) is 2. The Balaban J connectivity index is 0.000000198. The summed E-state index contributed by atoms with van der Waals surface area (Å²) < 4.78 is 39.0. The van der Waals surface area contributed by atoms with Crippen LogP contribution in [-0.2, 0) is 42.3 Å². The van der Waals surface area contributed by atoms with Crippen LogP contribution in [-0.4, -0.2) is 34.8 Å². The lowest BCUT2D eigenvalue weighted by Gasteiger charge is -2.42. The summed E-state index contributed by atoms with van der Waals surface area (Å²) in [4.78, 5) is 23.7. The summed E-state index contributed by atoms with van der Waals surface area (Å²) >= 11 is 0. The zero-order valence-electron chi connectivity index (χ0n) is 30.7. The number of fused-ring (bicyclic) bond motifs is 2. The highest BCUT2D eigenvalue weighted by Crippen LogP contribution is 2.47. The van der Waals surface area contributed by atoms with E-state index in [1.165, 1.54) is 53.1 Å². The van der Waals surface area contributed by atoms with Crippen molar-refractivity contribution in [3.63, 3.8) is 0 Å². The third-order valence-electron chi connectivity index (χ3n) is 10.9. The first-order chi connectivity index (χ1) is 23.6. The van der Waals surface area contributed by atoms with Crippen molar-refractivity contribution in [2.45, 2.75) is 122 Å². The molecule has 270 valence electrons. The lowest BCUT2D eigenvalue weighted by molar-refractivity contribution is 0.0686. The molecule has 2 N–H and O–H groups in total. The summed E-state index contributed by atoms with van der Waals surface area (Å²) in [6.45, 7) is 17.7. The molecule has 51 heavy (non-hydrogen) atoms. The van der Waals surface area contributed by atoms with Crippen molar-refractivity contribution in [2.75, 3.05) is 0 Å². The van der Waals surface area contributed by atoms with Gasteiger partial charge in [0.2, 0.25) is 9.84 Å². The standard InChI is InChI=1S/C21H24O4S.C21H24O3S/c1-20(2)11-12-21(3,4)18-13-16(9-10-17(18)20)26(24,25)15-7-5-14(6-8-15)19(22)23;1-20(2)11-12-21(3,4)18-13-16(9-10-17(18)20)25(24)15-7-5-14(6-8-15)19(22)23/h5-10,13H,11-12H2,1-4H3,(H,22,23);5-10,13H,11-12H2,1-4H3,(H,22,23). The first-order valence-corrected chi connectivity index (χ1v) is 19.8. The molecular formula is C42H48O7S2. The van der Waals surface area contributed by atoms with E-state index in [9.17, 15) is 22.2 Å². The Hall–Kier alpha value is -4.08. The monoisotopic (exact) mass is 728 g/mol. The predicted molar refractivity (Wildman–Crippen MR) is 200 cm³/mol. The zero-order valence-corrected chi connectivity index (χ0v) is 32.3. The van der Waals surface area contributed by atoms with Gasteiger partial charge in [-0.3, -0.25) is 0 Å². The average molecular weight is 729 g/mol. The van der Waals surface area contributed by atoms with E-state index < -0.39 is 32.6 Å². The van der Waals surface area contributed by atoms with Gasteiger partial charge in [0.05, 0.1) is 31.7 Å². The van der Waals surface area contributed by atoms with Crippen LogP contribution in [0.5, 0.6) is 0 Å². The van der Waals surface area contributed by atoms with Crippen molar-refractivity contribution in [2.24, 2.45) is 0 Å². The van der Waals surface area contributed by atoms with Gasteiger partial charge in [-0.2, -0.15) is 0 Å².